The molecule has 0 fully saturated rings. The molecule has 0 atom stereocenters. The Hall–Kier alpha value is -1.08. The van der Waals surface area contributed by atoms with Crippen molar-refractivity contribution in [3.8, 4) is 0 Å². The van der Waals surface area contributed by atoms with Gasteiger partial charge in [0, 0.05) is 0 Å². The van der Waals surface area contributed by atoms with E-state index in [4.69, 9.17) is 0 Å². The van der Waals surface area contributed by atoms with Crippen LogP contribution in [0.25, 0.3) is 5.57 Å². The largest absolute Gasteiger partial charge is 0.0985 e. The molecule has 0 aliphatic carbocycles. The van der Waals surface area contributed by atoms with Crippen molar-refractivity contribution < 1.29 is 0 Å². The second-order valence-electron chi connectivity index (χ2n) is 5.04. The van der Waals surface area contributed by atoms with Crippen LogP contribution in [0, 0.1) is 6.92 Å². The van der Waals surface area contributed by atoms with E-state index in [0.717, 1.165) is 0 Å². The highest BCUT2D eigenvalue weighted by Gasteiger charge is 2.10. The number of allylic oxidation sites excluding steroid dienone is 2. The lowest BCUT2D eigenvalue weighted by atomic mass is 10.1. The minimum absolute atomic E-state index is 1.17. The second kappa shape index (κ2) is 4.62. The van der Waals surface area contributed by atoms with Gasteiger partial charge in [0.25, 0.3) is 0 Å². The van der Waals surface area contributed by atoms with Gasteiger partial charge in [-0.3, -0.25) is 0 Å². The summed E-state index contributed by atoms with van der Waals surface area (Å²) in [6.07, 6.45) is 1.96. The van der Waals surface area contributed by atoms with E-state index in [1.807, 2.05) is 6.08 Å². The molecule has 1 aromatic rings. The predicted octanol–water partition coefficient (Wildman–Crippen LogP) is 4.44. The van der Waals surface area contributed by atoms with Crippen LogP contribution in [0.1, 0.15) is 11.1 Å². The van der Waals surface area contributed by atoms with Crippen LogP contribution < -0.4 is 0 Å². The topological polar surface area (TPSA) is 0 Å². The lowest BCUT2D eigenvalue weighted by Crippen LogP contribution is -2.16. The van der Waals surface area contributed by atoms with Gasteiger partial charge in [-0.15, -0.1) is 0 Å². The summed E-state index contributed by atoms with van der Waals surface area (Å²) in [6.45, 7) is 13.0. The standard InChI is InChI=1S/C14H20Si/c1-6-13(11-15(3,4)5)14-9-7-12(2)8-10-14/h6-11H,1H2,2-5H3/b13-11-. The van der Waals surface area contributed by atoms with E-state index in [0.29, 0.717) is 0 Å². The molecule has 0 nitrogen and oxygen atoms in total. The molecule has 0 amide bonds. The highest BCUT2D eigenvalue weighted by atomic mass is 28.3. The van der Waals surface area contributed by atoms with E-state index >= 15 is 0 Å². The Morgan fingerprint density at radius 1 is 1.13 bits per heavy atom. The Labute approximate surface area is 94.4 Å². The summed E-state index contributed by atoms with van der Waals surface area (Å²) >= 11 is 0. The van der Waals surface area contributed by atoms with Gasteiger partial charge in [0.1, 0.15) is 0 Å². The summed E-state index contributed by atoms with van der Waals surface area (Å²) in [5, 5.41) is 0. The highest BCUT2D eigenvalue weighted by molar-refractivity contribution is 6.81. The normalized spacial score (nSPS) is 12.7. The molecule has 0 bridgehead atoms. The number of rotatable bonds is 3. The Kier molecular flexibility index (Phi) is 3.70. The molecule has 1 aromatic carbocycles. The van der Waals surface area contributed by atoms with Gasteiger partial charge >= 0.3 is 0 Å². The van der Waals surface area contributed by atoms with E-state index in [-0.39, 0.29) is 0 Å². The van der Waals surface area contributed by atoms with Crippen molar-refractivity contribution in [1.82, 2.24) is 0 Å². The van der Waals surface area contributed by atoms with E-state index in [1.54, 1.807) is 0 Å². The molecular weight excluding hydrogens is 196 g/mol. The molecule has 0 aliphatic rings. The van der Waals surface area contributed by atoms with Crippen LogP contribution >= 0.6 is 0 Å². The van der Waals surface area contributed by atoms with Gasteiger partial charge in [0.2, 0.25) is 0 Å². The molecule has 0 aliphatic heterocycles. The summed E-state index contributed by atoms with van der Waals surface area (Å²) in [5.74, 6) is 0. The average molecular weight is 216 g/mol. The molecule has 0 aromatic heterocycles. The third-order valence-electron chi connectivity index (χ3n) is 2.19. The molecule has 15 heavy (non-hydrogen) atoms. The van der Waals surface area contributed by atoms with Crippen LogP contribution in [0.2, 0.25) is 19.6 Å². The first kappa shape index (κ1) is 12.0. The fraction of sp³-hybridized carbons (Fsp3) is 0.286. The summed E-state index contributed by atoms with van der Waals surface area (Å²) in [5.41, 5.74) is 6.24. The third-order valence-corrected chi connectivity index (χ3v) is 3.37. The van der Waals surface area contributed by atoms with Gasteiger partial charge in [-0.05, 0) is 18.1 Å². The molecule has 0 unspecified atom stereocenters. The SMILES string of the molecule is C=C/C(=C/[Si](C)(C)C)c1ccc(C)cc1. The van der Waals surface area contributed by atoms with Crippen LogP contribution in [0.15, 0.2) is 42.6 Å². The van der Waals surface area contributed by atoms with Gasteiger partial charge in [-0.25, -0.2) is 0 Å². The minimum Gasteiger partial charge on any atom is -0.0985 e. The van der Waals surface area contributed by atoms with Gasteiger partial charge in [0.15, 0.2) is 0 Å². The van der Waals surface area contributed by atoms with E-state index in [2.05, 4.69) is 63.1 Å². The maximum Gasteiger partial charge on any atom is 0.0695 e. The van der Waals surface area contributed by atoms with Crippen molar-refractivity contribution in [3.63, 3.8) is 0 Å². The summed E-state index contributed by atoms with van der Waals surface area (Å²) in [6, 6.07) is 8.64. The maximum absolute atomic E-state index is 3.90. The second-order valence-corrected chi connectivity index (χ2v) is 10.1. The quantitative estimate of drug-likeness (QED) is 0.517. The van der Waals surface area contributed by atoms with E-state index in [1.165, 1.54) is 16.7 Å². The molecule has 1 heteroatoms. The Balaban J connectivity index is 3.08. The van der Waals surface area contributed by atoms with Crippen LogP contribution in [0.4, 0.5) is 0 Å². The molecule has 0 spiro atoms. The maximum atomic E-state index is 3.90. The van der Waals surface area contributed by atoms with Crippen molar-refractivity contribution >= 4 is 13.6 Å². The fourth-order valence-electron chi connectivity index (χ4n) is 1.47. The van der Waals surface area contributed by atoms with Crippen molar-refractivity contribution in [3.05, 3.63) is 53.7 Å². The molecule has 0 saturated heterocycles. The van der Waals surface area contributed by atoms with Crippen LogP contribution in [-0.2, 0) is 0 Å². The predicted molar refractivity (Wildman–Crippen MR) is 72.7 cm³/mol. The first-order chi connectivity index (χ1) is 6.92. The zero-order valence-corrected chi connectivity index (χ0v) is 11.2. The molecule has 0 N–H and O–H groups in total. The van der Waals surface area contributed by atoms with Gasteiger partial charge < -0.3 is 0 Å². The molecular formula is C14H20Si. The molecule has 0 saturated carbocycles. The van der Waals surface area contributed by atoms with Gasteiger partial charge in [0.05, 0.1) is 8.07 Å². The lowest BCUT2D eigenvalue weighted by Gasteiger charge is -2.12. The average Bonchev–Trinajstić information content (AvgIpc) is 2.14. The summed E-state index contributed by atoms with van der Waals surface area (Å²) in [4.78, 5) is 0. The van der Waals surface area contributed by atoms with Crippen molar-refractivity contribution in [2.45, 2.75) is 26.6 Å². The number of aryl methyl sites for hydroxylation is 1. The summed E-state index contributed by atoms with van der Waals surface area (Å²) < 4.78 is 0. The number of benzene rings is 1. The van der Waals surface area contributed by atoms with Crippen molar-refractivity contribution in [2.24, 2.45) is 0 Å². The van der Waals surface area contributed by atoms with Crippen LogP contribution in [0.5, 0.6) is 0 Å². The zero-order chi connectivity index (χ0) is 11.5. The smallest absolute Gasteiger partial charge is 0.0695 e. The van der Waals surface area contributed by atoms with Crippen molar-refractivity contribution in [1.29, 1.82) is 0 Å². The molecule has 0 heterocycles. The fourth-order valence-corrected chi connectivity index (χ4v) is 2.69. The van der Waals surface area contributed by atoms with Crippen molar-refractivity contribution in [2.75, 3.05) is 0 Å². The first-order valence-corrected chi connectivity index (χ1v) is 8.92. The molecule has 80 valence electrons. The van der Waals surface area contributed by atoms with E-state index < -0.39 is 8.07 Å². The first-order valence-electron chi connectivity index (χ1n) is 5.35. The third kappa shape index (κ3) is 3.88. The minimum atomic E-state index is -1.17. The lowest BCUT2D eigenvalue weighted by molar-refractivity contribution is 1.46. The van der Waals surface area contributed by atoms with Gasteiger partial charge in [-0.2, -0.15) is 0 Å². The summed E-state index contributed by atoms with van der Waals surface area (Å²) in [7, 11) is -1.17. The van der Waals surface area contributed by atoms with Gasteiger partial charge in [-0.1, -0.05) is 67.8 Å². The Morgan fingerprint density at radius 3 is 2.07 bits per heavy atom. The highest BCUT2D eigenvalue weighted by Crippen LogP contribution is 2.19. The Morgan fingerprint density at radius 2 is 1.67 bits per heavy atom. The Bertz CT molecular complexity index is 363. The monoisotopic (exact) mass is 216 g/mol. The van der Waals surface area contributed by atoms with Crippen LogP contribution in [-0.4, -0.2) is 8.07 Å². The van der Waals surface area contributed by atoms with E-state index in [9.17, 15) is 0 Å². The number of hydrogen-bond donors (Lipinski definition) is 0. The van der Waals surface area contributed by atoms with Crippen LogP contribution in [0.3, 0.4) is 0 Å². The molecule has 1 rings (SSSR count). The number of hydrogen-bond acceptors (Lipinski definition) is 0. The zero-order valence-electron chi connectivity index (χ0n) is 10.2. The molecule has 0 radical (unpaired) electrons.